The third-order valence-corrected chi connectivity index (χ3v) is 6.75. The number of nitrogens with one attached hydrogen (secondary N) is 1. The minimum absolute atomic E-state index is 0.340. The van der Waals surface area contributed by atoms with Gasteiger partial charge in [-0.15, -0.1) is 11.3 Å². The van der Waals surface area contributed by atoms with Crippen LogP contribution in [0.5, 0.6) is 0 Å². The molecule has 2 heterocycles. The first-order chi connectivity index (χ1) is 14.4. The summed E-state index contributed by atoms with van der Waals surface area (Å²) in [5.41, 5.74) is 8.88. The van der Waals surface area contributed by atoms with Crippen LogP contribution in [0.3, 0.4) is 0 Å². The molecule has 1 aliphatic carbocycles. The first-order valence-electron chi connectivity index (χ1n) is 9.72. The maximum Gasteiger partial charge on any atom is 0.251 e. The van der Waals surface area contributed by atoms with Gasteiger partial charge in [0.05, 0.1) is 5.56 Å². The first kappa shape index (κ1) is 20.4. The third-order valence-electron chi connectivity index (χ3n) is 5.14. The van der Waals surface area contributed by atoms with Crippen molar-refractivity contribution in [1.82, 2.24) is 0 Å². The number of carbonyl (C=O) groups is 2. The summed E-state index contributed by atoms with van der Waals surface area (Å²) in [4.78, 5) is 25.5. The Labute approximate surface area is 183 Å². The van der Waals surface area contributed by atoms with E-state index in [0.717, 1.165) is 47.3 Å². The van der Waals surface area contributed by atoms with E-state index >= 15 is 0 Å². The van der Waals surface area contributed by atoms with Crippen LogP contribution in [-0.2, 0) is 17.6 Å². The second kappa shape index (κ2) is 8.50. The number of hydrogen-bond acceptors (Lipinski definition) is 4. The van der Waals surface area contributed by atoms with Crippen molar-refractivity contribution in [3.63, 3.8) is 0 Å². The normalized spacial score (nSPS) is 13.4. The Balaban J connectivity index is 1.49. The standard InChI is InChI=1S/C23H21ClN2O3S/c1-13-6-7-14(12-17(13)24)18-10-8-15(29-18)9-11-20(27)26-23-21(22(25)28)16-4-2-3-5-19(16)30-23/h6-12H,2-5H2,1H3,(H2,25,28)(H,26,27)/b11-9+. The van der Waals surface area contributed by atoms with E-state index in [1.165, 1.54) is 17.4 Å². The van der Waals surface area contributed by atoms with Gasteiger partial charge in [0.1, 0.15) is 16.5 Å². The predicted octanol–water partition coefficient (Wildman–Crippen LogP) is 5.60. The van der Waals surface area contributed by atoms with Crippen LogP contribution in [0.25, 0.3) is 17.4 Å². The second-order valence-electron chi connectivity index (χ2n) is 7.27. The number of thiophene rings is 1. The zero-order valence-electron chi connectivity index (χ0n) is 16.5. The van der Waals surface area contributed by atoms with Gasteiger partial charge in [0.25, 0.3) is 5.91 Å². The number of primary amides is 1. The van der Waals surface area contributed by atoms with Crippen molar-refractivity contribution in [2.45, 2.75) is 32.6 Å². The maximum absolute atomic E-state index is 12.4. The molecule has 3 aromatic rings. The number of rotatable bonds is 5. The van der Waals surface area contributed by atoms with Crippen molar-refractivity contribution >= 4 is 45.8 Å². The fraction of sp³-hybridized carbons (Fsp3) is 0.217. The van der Waals surface area contributed by atoms with Crippen LogP contribution in [0.2, 0.25) is 5.02 Å². The molecular weight excluding hydrogens is 420 g/mol. The van der Waals surface area contributed by atoms with Crippen molar-refractivity contribution in [2.75, 3.05) is 5.32 Å². The molecule has 0 saturated carbocycles. The Morgan fingerprint density at radius 3 is 2.77 bits per heavy atom. The van der Waals surface area contributed by atoms with Gasteiger partial charge in [-0.05, 0) is 68.0 Å². The molecule has 1 aromatic carbocycles. The van der Waals surface area contributed by atoms with Gasteiger partial charge in [-0.25, -0.2) is 0 Å². The highest BCUT2D eigenvalue weighted by Crippen LogP contribution is 2.38. The smallest absolute Gasteiger partial charge is 0.251 e. The van der Waals surface area contributed by atoms with Crippen molar-refractivity contribution in [2.24, 2.45) is 5.73 Å². The summed E-state index contributed by atoms with van der Waals surface area (Å²) < 4.78 is 5.80. The highest BCUT2D eigenvalue weighted by molar-refractivity contribution is 7.17. The number of carbonyl (C=O) groups excluding carboxylic acids is 2. The zero-order valence-corrected chi connectivity index (χ0v) is 18.0. The molecule has 2 amide bonds. The summed E-state index contributed by atoms with van der Waals surface area (Å²) in [6, 6.07) is 9.33. The Hall–Kier alpha value is -2.83. The number of amides is 2. The number of fused-ring (bicyclic) bond motifs is 1. The molecule has 0 aliphatic heterocycles. The molecule has 7 heteroatoms. The van der Waals surface area contributed by atoms with Crippen molar-refractivity contribution < 1.29 is 14.0 Å². The molecule has 0 unspecified atom stereocenters. The summed E-state index contributed by atoms with van der Waals surface area (Å²) >= 11 is 7.62. The minimum atomic E-state index is -0.499. The van der Waals surface area contributed by atoms with Crippen LogP contribution in [0.4, 0.5) is 5.00 Å². The molecular formula is C23H21ClN2O3S. The number of halogens is 1. The van der Waals surface area contributed by atoms with Crippen molar-refractivity contribution in [1.29, 1.82) is 0 Å². The third kappa shape index (κ3) is 4.20. The lowest BCUT2D eigenvalue weighted by atomic mass is 9.95. The van der Waals surface area contributed by atoms with Crippen molar-refractivity contribution in [3.05, 3.63) is 68.8 Å². The van der Waals surface area contributed by atoms with E-state index in [9.17, 15) is 9.59 Å². The Bertz CT molecular complexity index is 1160. The van der Waals surface area contributed by atoms with Gasteiger partial charge in [0.15, 0.2) is 0 Å². The fourth-order valence-corrected chi connectivity index (χ4v) is 5.05. The molecule has 0 saturated heterocycles. The van der Waals surface area contributed by atoms with Crippen LogP contribution in [-0.4, -0.2) is 11.8 Å². The van der Waals surface area contributed by atoms with Crippen LogP contribution in [0.15, 0.2) is 40.8 Å². The average Bonchev–Trinajstić information content (AvgIpc) is 3.32. The SMILES string of the molecule is Cc1ccc(-c2ccc(/C=C/C(=O)Nc3sc4c(c3C(N)=O)CCCC4)o2)cc1Cl. The molecule has 2 aromatic heterocycles. The van der Waals surface area contributed by atoms with E-state index in [0.29, 0.717) is 27.1 Å². The second-order valence-corrected chi connectivity index (χ2v) is 8.78. The van der Waals surface area contributed by atoms with E-state index in [2.05, 4.69) is 5.32 Å². The number of hydrogen-bond donors (Lipinski definition) is 2. The largest absolute Gasteiger partial charge is 0.457 e. The van der Waals surface area contributed by atoms with Gasteiger partial charge in [-0.2, -0.15) is 0 Å². The van der Waals surface area contributed by atoms with Crippen molar-refractivity contribution in [3.8, 4) is 11.3 Å². The lowest BCUT2D eigenvalue weighted by molar-refractivity contribution is -0.111. The molecule has 154 valence electrons. The molecule has 30 heavy (non-hydrogen) atoms. The molecule has 0 spiro atoms. The van der Waals surface area contributed by atoms with Gasteiger partial charge in [-0.1, -0.05) is 23.7 Å². The number of furan rings is 1. The summed E-state index contributed by atoms with van der Waals surface area (Å²) in [6.07, 6.45) is 6.84. The predicted molar refractivity (Wildman–Crippen MR) is 121 cm³/mol. The van der Waals surface area contributed by atoms with E-state index in [1.807, 2.05) is 31.2 Å². The molecule has 3 N–H and O–H groups in total. The topological polar surface area (TPSA) is 85.3 Å². The Morgan fingerprint density at radius 1 is 1.20 bits per heavy atom. The summed E-state index contributed by atoms with van der Waals surface area (Å²) in [5.74, 6) is 0.366. The Morgan fingerprint density at radius 2 is 2.00 bits per heavy atom. The zero-order chi connectivity index (χ0) is 21.3. The maximum atomic E-state index is 12.4. The van der Waals surface area contributed by atoms with Crippen LogP contribution >= 0.6 is 22.9 Å². The monoisotopic (exact) mass is 440 g/mol. The lowest BCUT2D eigenvalue weighted by Crippen LogP contribution is -2.17. The van der Waals surface area contributed by atoms with Gasteiger partial charge in [-0.3, -0.25) is 9.59 Å². The highest BCUT2D eigenvalue weighted by atomic mass is 35.5. The van der Waals surface area contributed by atoms with E-state index in [1.54, 1.807) is 12.1 Å². The molecule has 0 fully saturated rings. The molecule has 0 atom stereocenters. The van der Waals surface area contributed by atoms with Gasteiger partial charge in [0.2, 0.25) is 5.91 Å². The van der Waals surface area contributed by atoms with Gasteiger partial charge >= 0.3 is 0 Å². The molecule has 1 aliphatic rings. The average molecular weight is 441 g/mol. The van der Waals surface area contributed by atoms with Crippen LogP contribution < -0.4 is 11.1 Å². The molecule has 0 bridgehead atoms. The number of nitrogens with two attached hydrogens (primary N) is 1. The number of aryl methyl sites for hydroxylation is 2. The lowest BCUT2D eigenvalue weighted by Gasteiger charge is -2.11. The number of benzene rings is 1. The molecule has 4 rings (SSSR count). The van der Waals surface area contributed by atoms with E-state index < -0.39 is 5.91 Å². The first-order valence-corrected chi connectivity index (χ1v) is 10.9. The number of anilines is 1. The van der Waals surface area contributed by atoms with Crippen LogP contribution in [0.1, 0.15) is 45.0 Å². The van der Waals surface area contributed by atoms with Gasteiger partial charge < -0.3 is 15.5 Å². The van der Waals surface area contributed by atoms with E-state index in [-0.39, 0.29) is 5.91 Å². The minimum Gasteiger partial charge on any atom is -0.457 e. The summed E-state index contributed by atoms with van der Waals surface area (Å²) in [6.45, 7) is 1.94. The quantitative estimate of drug-likeness (QED) is 0.506. The Kier molecular flexibility index (Phi) is 5.79. The highest BCUT2D eigenvalue weighted by Gasteiger charge is 2.24. The summed E-state index contributed by atoms with van der Waals surface area (Å²) in [7, 11) is 0. The molecule has 0 radical (unpaired) electrons. The molecule has 5 nitrogen and oxygen atoms in total. The van der Waals surface area contributed by atoms with Gasteiger partial charge in [0, 0.05) is 21.5 Å². The summed E-state index contributed by atoms with van der Waals surface area (Å²) in [5, 5.41) is 4.00. The van der Waals surface area contributed by atoms with Crippen LogP contribution in [0, 0.1) is 6.92 Å². The fourth-order valence-electron chi connectivity index (χ4n) is 3.57. The van der Waals surface area contributed by atoms with E-state index in [4.69, 9.17) is 21.8 Å².